The molecule has 1 aromatic rings. The number of nitrogens with zero attached hydrogens (tertiary/aromatic N) is 1. The van der Waals surface area contributed by atoms with Crippen LogP contribution >= 0.6 is 11.6 Å². The summed E-state index contributed by atoms with van der Waals surface area (Å²) in [5.41, 5.74) is 1.22. The Labute approximate surface area is 101 Å². The fourth-order valence-electron chi connectivity index (χ4n) is 1.86. The van der Waals surface area contributed by atoms with Crippen molar-refractivity contribution in [3.05, 3.63) is 29.0 Å². The molecule has 0 spiro atoms. The van der Waals surface area contributed by atoms with Gasteiger partial charge in [0.1, 0.15) is 5.15 Å². The lowest BCUT2D eigenvalue weighted by Gasteiger charge is -2.34. The molecule has 0 aromatic carbocycles. The fraction of sp³-hybridized carbons (Fsp3) is 0.583. The van der Waals surface area contributed by atoms with Crippen molar-refractivity contribution in [3.8, 4) is 0 Å². The molecule has 2 heterocycles. The molecule has 1 fully saturated rings. The summed E-state index contributed by atoms with van der Waals surface area (Å²) in [5.74, 6) is 0. The van der Waals surface area contributed by atoms with E-state index in [1.807, 2.05) is 12.1 Å². The highest BCUT2D eigenvalue weighted by Gasteiger charge is 2.26. The maximum Gasteiger partial charge on any atom is 0.133 e. The second-order valence-corrected chi connectivity index (χ2v) is 4.84. The number of hydrogen-bond acceptors (Lipinski definition) is 3. The first-order valence-electron chi connectivity index (χ1n) is 5.62. The zero-order chi connectivity index (χ0) is 11.4. The summed E-state index contributed by atoms with van der Waals surface area (Å²) in [4.78, 5) is 4.07. The molecule has 0 saturated carbocycles. The van der Waals surface area contributed by atoms with Crippen molar-refractivity contribution in [1.82, 2.24) is 10.3 Å². The Hall–Kier alpha value is -0.640. The van der Waals surface area contributed by atoms with Crippen molar-refractivity contribution in [3.63, 3.8) is 0 Å². The summed E-state index contributed by atoms with van der Waals surface area (Å²) in [6.07, 6.45) is 3.80. The summed E-state index contributed by atoms with van der Waals surface area (Å²) >= 11 is 6.01. The number of ether oxygens (including phenoxy) is 1. The number of pyridine rings is 1. The van der Waals surface area contributed by atoms with Crippen LogP contribution in [0.25, 0.3) is 0 Å². The quantitative estimate of drug-likeness (QED) is 0.824. The molecule has 0 aliphatic carbocycles. The lowest BCUT2D eigenvalue weighted by molar-refractivity contribution is 0.0446. The number of aromatic nitrogens is 1. The zero-order valence-corrected chi connectivity index (χ0v) is 10.3. The van der Waals surface area contributed by atoms with Gasteiger partial charge in [-0.3, -0.25) is 0 Å². The molecule has 0 atom stereocenters. The van der Waals surface area contributed by atoms with Crippen molar-refractivity contribution < 1.29 is 4.74 Å². The third-order valence-corrected chi connectivity index (χ3v) is 3.48. The first kappa shape index (κ1) is 11.8. The van der Waals surface area contributed by atoms with E-state index in [1.54, 1.807) is 6.20 Å². The molecular formula is C12H17ClN2O. The van der Waals surface area contributed by atoms with Crippen LogP contribution in [0.1, 0.15) is 25.3 Å². The summed E-state index contributed by atoms with van der Waals surface area (Å²) in [6.45, 7) is 4.68. The van der Waals surface area contributed by atoms with Gasteiger partial charge in [0, 0.05) is 37.1 Å². The van der Waals surface area contributed by atoms with E-state index in [-0.39, 0.29) is 5.54 Å². The first-order valence-corrected chi connectivity index (χ1v) is 6.00. The van der Waals surface area contributed by atoms with Crippen LogP contribution in [-0.2, 0) is 11.3 Å². The molecule has 16 heavy (non-hydrogen) atoms. The third-order valence-electron chi connectivity index (χ3n) is 3.14. The van der Waals surface area contributed by atoms with E-state index in [0.29, 0.717) is 5.15 Å². The van der Waals surface area contributed by atoms with Crippen LogP contribution < -0.4 is 5.32 Å². The maximum absolute atomic E-state index is 6.01. The van der Waals surface area contributed by atoms with Crippen LogP contribution in [0, 0.1) is 0 Å². The summed E-state index contributed by atoms with van der Waals surface area (Å²) in [5, 5.41) is 4.14. The highest BCUT2D eigenvalue weighted by Crippen LogP contribution is 2.21. The minimum atomic E-state index is 0.164. The zero-order valence-electron chi connectivity index (χ0n) is 9.50. The smallest absolute Gasteiger partial charge is 0.133 e. The molecule has 1 N–H and O–H groups in total. The highest BCUT2D eigenvalue weighted by atomic mass is 35.5. The molecule has 0 radical (unpaired) electrons. The molecule has 1 aliphatic heterocycles. The lowest BCUT2D eigenvalue weighted by Crippen LogP contribution is -2.46. The van der Waals surface area contributed by atoms with Gasteiger partial charge in [0.15, 0.2) is 0 Å². The molecule has 1 saturated heterocycles. The Bertz CT molecular complexity index is 351. The van der Waals surface area contributed by atoms with E-state index in [2.05, 4.69) is 17.2 Å². The Morgan fingerprint density at radius 2 is 2.25 bits per heavy atom. The second kappa shape index (κ2) is 5.13. The molecule has 4 heteroatoms. The van der Waals surface area contributed by atoms with Gasteiger partial charge in [-0.1, -0.05) is 17.7 Å². The number of rotatable bonds is 3. The largest absolute Gasteiger partial charge is 0.381 e. The van der Waals surface area contributed by atoms with Crippen LogP contribution in [-0.4, -0.2) is 23.7 Å². The average molecular weight is 241 g/mol. The number of halogens is 1. The minimum Gasteiger partial charge on any atom is -0.381 e. The van der Waals surface area contributed by atoms with Crippen LogP contribution in [0.15, 0.2) is 18.3 Å². The van der Waals surface area contributed by atoms with Gasteiger partial charge < -0.3 is 10.1 Å². The Kier molecular flexibility index (Phi) is 3.79. The highest BCUT2D eigenvalue weighted by molar-refractivity contribution is 6.30. The van der Waals surface area contributed by atoms with E-state index < -0.39 is 0 Å². The van der Waals surface area contributed by atoms with Gasteiger partial charge in [0.05, 0.1) is 0 Å². The van der Waals surface area contributed by atoms with Gasteiger partial charge in [0.2, 0.25) is 0 Å². The molecule has 2 rings (SSSR count). The van der Waals surface area contributed by atoms with Crippen molar-refractivity contribution in [2.75, 3.05) is 13.2 Å². The first-order chi connectivity index (χ1) is 7.70. The molecule has 1 aromatic heterocycles. The Balaban J connectivity index is 1.94. The predicted octanol–water partition coefficient (Wildman–Crippen LogP) is 2.39. The molecule has 0 amide bonds. The van der Waals surface area contributed by atoms with Crippen molar-refractivity contribution in [1.29, 1.82) is 0 Å². The molecule has 88 valence electrons. The van der Waals surface area contributed by atoms with Gasteiger partial charge in [0.25, 0.3) is 0 Å². The van der Waals surface area contributed by atoms with Gasteiger partial charge >= 0.3 is 0 Å². The minimum absolute atomic E-state index is 0.164. The molecule has 0 bridgehead atoms. The van der Waals surface area contributed by atoms with Crippen LogP contribution in [0.3, 0.4) is 0 Å². The Morgan fingerprint density at radius 1 is 1.50 bits per heavy atom. The molecule has 0 unspecified atom stereocenters. The normalized spacial score (nSPS) is 19.6. The Morgan fingerprint density at radius 3 is 2.94 bits per heavy atom. The maximum atomic E-state index is 6.01. The van der Waals surface area contributed by atoms with Crippen LogP contribution in [0.2, 0.25) is 5.15 Å². The predicted molar refractivity (Wildman–Crippen MR) is 64.5 cm³/mol. The molecule has 1 aliphatic rings. The van der Waals surface area contributed by atoms with Gasteiger partial charge in [-0.15, -0.1) is 0 Å². The molecular weight excluding hydrogens is 224 g/mol. The lowest BCUT2D eigenvalue weighted by atomic mass is 9.92. The standard InChI is InChI=1S/C12H17ClN2O/c1-12(4-7-16-8-5-12)15-9-10-3-2-6-14-11(10)13/h2-3,6,15H,4-5,7-9H2,1H3. The van der Waals surface area contributed by atoms with Gasteiger partial charge in [-0.2, -0.15) is 0 Å². The average Bonchev–Trinajstić information content (AvgIpc) is 2.29. The van der Waals surface area contributed by atoms with E-state index in [4.69, 9.17) is 16.3 Å². The van der Waals surface area contributed by atoms with Gasteiger partial charge in [-0.05, 0) is 25.8 Å². The summed E-state index contributed by atoms with van der Waals surface area (Å²) in [7, 11) is 0. The van der Waals surface area contributed by atoms with E-state index >= 15 is 0 Å². The third kappa shape index (κ3) is 2.94. The topological polar surface area (TPSA) is 34.2 Å². The fourth-order valence-corrected chi connectivity index (χ4v) is 2.04. The molecule has 3 nitrogen and oxygen atoms in total. The number of nitrogens with one attached hydrogen (secondary N) is 1. The monoisotopic (exact) mass is 240 g/mol. The van der Waals surface area contributed by atoms with Crippen molar-refractivity contribution >= 4 is 11.6 Å². The van der Waals surface area contributed by atoms with Crippen LogP contribution in [0.4, 0.5) is 0 Å². The number of hydrogen-bond donors (Lipinski definition) is 1. The van der Waals surface area contributed by atoms with Crippen molar-refractivity contribution in [2.45, 2.75) is 31.8 Å². The van der Waals surface area contributed by atoms with Crippen LogP contribution in [0.5, 0.6) is 0 Å². The van der Waals surface area contributed by atoms with Crippen molar-refractivity contribution in [2.24, 2.45) is 0 Å². The van der Waals surface area contributed by atoms with E-state index in [0.717, 1.165) is 38.2 Å². The SMILES string of the molecule is CC1(NCc2cccnc2Cl)CCOCC1. The second-order valence-electron chi connectivity index (χ2n) is 4.48. The van der Waals surface area contributed by atoms with E-state index in [1.165, 1.54) is 0 Å². The summed E-state index contributed by atoms with van der Waals surface area (Å²) in [6, 6.07) is 3.92. The van der Waals surface area contributed by atoms with Gasteiger partial charge in [-0.25, -0.2) is 4.98 Å². The summed E-state index contributed by atoms with van der Waals surface area (Å²) < 4.78 is 5.36. The van der Waals surface area contributed by atoms with E-state index in [9.17, 15) is 0 Å².